The molecule has 0 bridgehead atoms. The maximum absolute atomic E-state index is 5.08. The van der Waals surface area contributed by atoms with Gasteiger partial charge in [0.15, 0.2) is 0 Å². The Balaban J connectivity index is 1.71. The molecule has 1 heteroatoms. The van der Waals surface area contributed by atoms with Crippen LogP contribution in [0.1, 0.15) is 43.2 Å². The molecule has 1 aromatic carbocycles. The van der Waals surface area contributed by atoms with Crippen molar-refractivity contribution in [3.05, 3.63) is 35.4 Å². The Morgan fingerprint density at radius 3 is 2.76 bits per heavy atom. The molecule has 1 unspecified atom stereocenters. The quantitative estimate of drug-likeness (QED) is 0.674. The van der Waals surface area contributed by atoms with Crippen LogP contribution in [-0.4, -0.2) is 13.7 Å². The topological polar surface area (TPSA) is 9.23 Å². The molecule has 0 radical (unpaired) electrons. The van der Waals surface area contributed by atoms with Crippen molar-refractivity contribution in [2.45, 2.75) is 44.9 Å². The lowest BCUT2D eigenvalue weighted by Crippen LogP contribution is -2.14. The fraction of sp³-hybridized carbons (Fsp3) is 0.625. The van der Waals surface area contributed by atoms with Crippen LogP contribution >= 0.6 is 0 Å². The Morgan fingerprint density at radius 2 is 1.94 bits per heavy atom. The van der Waals surface area contributed by atoms with Crippen LogP contribution in [0.4, 0.5) is 0 Å². The van der Waals surface area contributed by atoms with Gasteiger partial charge in [-0.3, -0.25) is 0 Å². The third kappa shape index (κ3) is 3.85. The summed E-state index contributed by atoms with van der Waals surface area (Å²) in [5, 5.41) is 0. The number of unbranched alkanes of at least 4 members (excludes halogenated alkanes) is 2. The van der Waals surface area contributed by atoms with Crippen molar-refractivity contribution in [3.8, 4) is 0 Å². The summed E-state index contributed by atoms with van der Waals surface area (Å²) >= 11 is 0. The Bertz CT molecular complexity index is 332. The zero-order valence-corrected chi connectivity index (χ0v) is 11.0. The third-order valence-corrected chi connectivity index (χ3v) is 3.91. The summed E-state index contributed by atoms with van der Waals surface area (Å²) < 4.78 is 5.08. The minimum atomic E-state index is 0.924. The van der Waals surface area contributed by atoms with Crippen LogP contribution in [0.5, 0.6) is 0 Å². The summed E-state index contributed by atoms with van der Waals surface area (Å²) in [6.07, 6.45) is 9.31. The zero-order valence-electron chi connectivity index (χ0n) is 11.0. The van der Waals surface area contributed by atoms with Gasteiger partial charge >= 0.3 is 0 Å². The van der Waals surface area contributed by atoms with E-state index in [4.69, 9.17) is 4.74 Å². The molecule has 1 nitrogen and oxygen atoms in total. The second-order valence-corrected chi connectivity index (χ2v) is 5.22. The Labute approximate surface area is 105 Å². The van der Waals surface area contributed by atoms with E-state index in [1.807, 2.05) is 0 Å². The van der Waals surface area contributed by atoms with Crippen LogP contribution in [0, 0.1) is 5.92 Å². The highest BCUT2D eigenvalue weighted by molar-refractivity contribution is 5.29. The molecule has 1 aromatic rings. The molecular weight excluding hydrogens is 208 g/mol. The largest absolute Gasteiger partial charge is 0.385 e. The molecule has 0 aliphatic heterocycles. The van der Waals surface area contributed by atoms with E-state index in [-0.39, 0.29) is 0 Å². The van der Waals surface area contributed by atoms with Gasteiger partial charge in [0.2, 0.25) is 0 Å². The van der Waals surface area contributed by atoms with E-state index in [0.717, 1.165) is 12.5 Å². The molecular formula is C16H24O. The van der Waals surface area contributed by atoms with Crippen molar-refractivity contribution in [1.82, 2.24) is 0 Å². The van der Waals surface area contributed by atoms with Gasteiger partial charge in [-0.25, -0.2) is 0 Å². The fourth-order valence-electron chi connectivity index (χ4n) is 2.88. The second kappa shape index (κ2) is 6.80. The monoisotopic (exact) mass is 232 g/mol. The summed E-state index contributed by atoms with van der Waals surface area (Å²) in [5.41, 5.74) is 3.18. The van der Waals surface area contributed by atoms with Crippen molar-refractivity contribution < 1.29 is 4.74 Å². The molecule has 0 saturated heterocycles. The average Bonchev–Trinajstić information content (AvgIpc) is 2.38. The minimum Gasteiger partial charge on any atom is -0.385 e. The summed E-state index contributed by atoms with van der Waals surface area (Å²) in [7, 11) is 1.79. The molecule has 1 atom stereocenters. The SMILES string of the molecule is COCCCCCC1CCc2ccccc2C1. The van der Waals surface area contributed by atoms with Gasteiger partial charge < -0.3 is 4.74 Å². The van der Waals surface area contributed by atoms with Gasteiger partial charge in [-0.15, -0.1) is 0 Å². The molecule has 1 aliphatic carbocycles. The third-order valence-electron chi connectivity index (χ3n) is 3.91. The first kappa shape index (κ1) is 12.6. The van der Waals surface area contributed by atoms with E-state index in [1.165, 1.54) is 44.9 Å². The van der Waals surface area contributed by atoms with Crippen molar-refractivity contribution in [2.24, 2.45) is 5.92 Å². The van der Waals surface area contributed by atoms with Gasteiger partial charge in [0.05, 0.1) is 0 Å². The molecule has 17 heavy (non-hydrogen) atoms. The fourth-order valence-corrected chi connectivity index (χ4v) is 2.88. The van der Waals surface area contributed by atoms with E-state index in [0.29, 0.717) is 0 Å². The number of aryl methyl sites for hydroxylation is 1. The van der Waals surface area contributed by atoms with Crippen LogP contribution in [0.25, 0.3) is 0 Å². The van der Waals surface area contributed by atoms with Gasteiger partial charge in [-0.1, -0.05) is 43.5 Å². The number of benzene rings is 1. The minimum absolute atomic E-state index is 0.924. The predicted octanol–water partition coefficient (Wildman–Crippen LogP) is 4.00. The van der Waals surface area contributed by atoms with Crippen molar-refractivity contribution in [2.75, 3.05) is 13.7 Å². The smallest absolute Gasteiger partial charge is 0.0462 e. The van der Waals surface area contributed by atoms with Crippen LogP contribution in [0.2, 0.25) is 0 Å². The average molecular weight is 232 g/mol. The number of hydrogen-bond acceptors (Lipinski definition) is 1. The Hall–Kier alpha value is -0.820. The maximum Gasteiger partial charge on any atom is 0.0462 e. The lowest BCUT2D eigenvalue weighted by atomic mass is 9.81. The van der Waals surface area contributed by atoms with Gasteiger partial charge in [0.25, 0.3) is 0 Å². The molecule has 0 amide bonds. The molecule has 0 spiro atoms. The number of fused-ring (bicyclic) bond motifs is 1. The van der Waals surface area contributed by atoms with E-state index >= 15 is 0 Å². The summed E-state index contributed by atoms with van der Waals surface area (Å²) in [6, 6.07) is 8.96. The summed E-state index contributed by atoms with van der Waals surface area (Å²) in [4.78, 5) is 0. The standard InChI is InChI=1S/C16H24O/c1-17-12-6-2-3-7-14-10-11-15-8-4-5-9-16(15)13-14/h4-5,8-9,14H,2-3,6-7,10-13H2,1H3. The first-order valence-corrected chi connectivity index (χ1v) is 6.96. The lowest BCUT2D eigenvalue weighted by Gasteiger charge is -2.24. The molecule has 0 N–H and O–H groups in total. The Morgan fingerprint density at radius 1 is 1.12 bits per heavy atom. The highest BCUT2D eigenvalue weighted by Crippen LogP contribution is 2.28. The van der Waals surface area contributed by atoms with Crippen molar-refractivity contribution in [3.63, 3.8) is 0 Å². The van der Waals surface area contributed by atoms with Crippen LogP contribution in [-0.2, 0) is 17.6 Å². The van der Waals surface area contributed by atoms with E-state index in [1.54, 1.807) is 18.2 Å². The van der Waals surface area contributed by atoms with Crippen LogP contribution in [0.3, 0.4) is 0 Å². The molecule has 0 heterocycles. The van der Waals surface area contributed by atoms with Crippen LogP contribution in [0.15, 0.2) is 24.3 Å². The number of hydrogen-bond donors (Lipinski definition) is 0. The van der Waals surface area contributed by atoms with E-state index in [2.05, 4.69) is 24.3 Å². The molecule has 94 valence electrons. The maximum atomic E-state index is 5.08. The van der Waals surface area contributed by atoms with Gasteiger partial charge in [0, 0.05) is 13.7 Å². The summed E-state index contributed by atoms with van der Waals surface area (Å²) in [6.45, 7) is 0.924. The molecule has 0 aromatic heterocycles. The molecule has 1 aliphatic rings. The van der Waals surface area contributed by atoms with Crippen LogP contribution < -0.4 is 0 Å². The first-order chi connectivity index (χ1) is 8.40. The lowest BCUT2D eigenvalue weighted by molar-refractivity contribution is 0.191. The van der Waals surface area contributed by atoms with Gasteiger partial charge in [-0.05, 0) is 42.7 Å². The van der Waals surface area contributed by atoms with E-state index in [9.17, 15) is 0 Å². The number of rotatable bonds is 6. The number of ether oxygens (including phenoxy) is 1. The summed E-state index contributed by atoms with van der Waals surface area (Å²) in [5.74, 6) is 0.924. The second-order valence-electron chi connectivity index (χ2n) is 5.22. The van der Waals surface area contributed by atoms with Crippen molar-refractivity contribution in [1.29, 1.82) is 0 Å². The Kier molecular flexibility index (Phi) is 5.06. The molecule has 0 fully saturated rings. The van der Waals surface area contributed by atoms with Gasteiger partial charge in [-0.2, -0.15) is 0 Å². The van der Waals surface area contributed by atoms with E-state index < -0.39 is 0 Å². The normalized spacial score (nSPS) is 19.0. The first-order valence-electron chi connectivity index (χ1n) is 6.96. The molecule has 2 rings (SSSR count). The highest BCUT2D eigenvalue weighted by atomic mass is 16.5. The van der Waals surface area contributed by atoms with Gasteiger partial charge in [0.1, 0.15) is 0 Å². The molecule has 0 saturated carbocycles. The zero-order chi connectivity index (χ0) is 11.9. The van der Waals surface area contributed by atoms with Crippen molar-refractivity contribution >= 4 is 0 Å². The highest BCUT2D eigenvalue weighted by Gasteiger charge is 2.17. The number of methoxy groups -OCH3 is 1. The predicted molar refractivity (Wildman–Crippen MR) is 72.3 cm³/mol.